The lowest BCUT2D eigenvalue weighted by Gasteiger charge is -2.15. The van der Waals surface area contributed by atoms with Gasteiger partial charge in [-0.25, -0.2) is 0 Å². The molecular weight excluding hydrogens is 304 g/mol. The summed E-state index contributed by atoms with van der Waals surface area (Å²) in [5.74, 6) is 0.339. The highest BCUT2D eigenvalue weighted by Gasteiger charge is 2.15. The normalized spacial score (nSPS) is 11.0. The second kappa shape index (κ2) is 6.10. The number of rotatable bonds is 2. The summed E-state index contributed by atoms with van der Waals surface area (Å²) in [5.41, 5.74) is 6.25. The molecule has 4 rings (SSSR count). The van der Waals surface area contributed by atoms with Gasteiger partial charge in [-0.1, -0.05) is 83.9 Å². The average molecular weight is 324 g/mol. The molecular formula is C24H20O. The van der Waals surface area contributed by atoms with E-state index < -0.39 is 0 Å². The van der Waals surface area contributed by atoms with Gasteiger partial charge in [-0.15, -0.1) is 0 Å². The van der Waals surface area contributed by atoms with Gasteiger partial charge in [-0.3, -0.25) is 0 Å². The van der Waals surface area contributed by atoms with Gasteiger partial charge in [0, 0.05) is 11.1 Å². The van der Waals surface area contributed by atoms with Gasteiger partial charge in [0.05, 0.1) is 0 Å². The molecule has 4 aromatic carbocycles. The highest BCUT2D eigenvalue weighted by Crippen LogP contribution is 2.43. The zero-order chi connectivity index (χ0) is 17.4. The smallest absolute Gasteiger partial charge is 0.131 e. The second-order valence-electron chi connectivity index (χ2n) is 6.60. The fourth-order valence-corrected chi connectivity index (χ4v) is 3.30. The minimum absolute atomic E-state index is 0.339. The molecule has 0 saturated heterocycles. The monoisotopic (exact) mass is 324 g/mol. The van der Waals surface area contributed by atoms with E-state index in [1.807, 2.05) is 12.1 Å². The van der Waals surface area contributed by atoms with Gasteiger partial charge in [0.2, 0.25) is 0 Å². The highest BCUT2D eigenvalue weighted by molar-refractivity contribution is 6.04. The molecule has 25 heavy (non-hydrogen) atoms. The van der Waals surface area contributed by atoms with Gasteiger partial charge >= 0.3 is 0 Å². The van der Waals surface area contributed by atoms with Crippen molar-refractivity contribution < 1.29 is 5.11 Å². The van der Waals surface area contributed by atoms with Crippen LogP contribution in [0.4, 0.5) is 0 Å². The molecule has 0 saturated carbocycles. The zero-order valence-electron chi connectivity index (χ0n) is 14.5. The van der Waals surface area contributed by atoms with E-state index in [1.54, 1.807) is 0 Å². The number of fused-ring (bicyclic) bond motifs is 1. The minimum atomic E-state index is 0.339. The van der Waals surface area contributed by atoms with E-state index in [1.165, 1.54) is 11.1 Å². The van der Waals surface area contributed by atoms with Crippen LogP contribution in [0.3, 0.4) is 0 Å². The molecule has 0 heterocycles. The summed E-state index contributed by atoms with van der Waals surface area (Å²) in [6, 6.07) is 26.9. The Labute approximate surface area is 148 Å². The van der Waals surface area contributed by atoms with Crippen molar-refractivity contribution in [2.24, 2.45) is 0 Å². The lowest BCUT2D eigenvalue weighted by molar-refractivity contribution is 0.480. The molecule has 0 aliphatic rings. The van der Waals surface area contributed by atoms with Gasteiger partial charge in [0.1, 0.15) is 5.75 Å². The van der Waals surface area contributed by atoms with E-state index in [2.05, 4.69) is 80.6 Å². The molecule has 122 valence electrons. The maximum Gasteiger partial charge on any atom is 0.131 e. The number of aryl methyl sites for hydroxylation is 2. The van der Waals surface area contributed by atoms with Crippen LogP contribution in [0.15, 0.2) is 78.9 Å². The summed E-state index contributed by atoms with van der Waals surface area (Å²) < 4.78 is 0. The third-order valence-corrected chi connectivity index (χ3v) is 4.72. The number of phenolic OH excluding ortho intramolecular Hbond substituents is 1. The largest absolute Gasteiger partial charge is 0.507 e. The Bertz CT molecular complexity index is 1040. The second-order valence-corrected chi connectivity index (χ2v) is 6.60. The van der Waals surface area contributed by atoms with E-state index in [0.29, 0.717) is 5.75 Å². The van der Waals surface area contributed by atoms with E-state index in [9.17, 15) is 5.11 Å². The van der Waals surface area contributed by atoms with Crippen LogP contribution in [0, 0.1) is 13.8 Å². The van der Waals surface area contributed by atoms with Crippen molar-refractivity contribution in [2.45, 2.75) is 13.8 Å². The fraction of sp³-hybridized carbons (Fsp3) is 0.0833. The molecule has 0 fully saturated rings. The Morgan fingerprint density at radius 2 is 1.20 bits per heavy atom. The molecule has 0 bridgehead atoms. The first-order valence-electron chi connectivity index (χ1n) is 8.52. The van der Waals surface area contributed by atoms with E-state index in [0.717, 1.165) is 33.0 Å². The molecule has 0 aliphatic heterocycles. The summed E-state index contributed by atoms with van der Waals surface area (Å²) >= 11 is 0. The molecule has 0 atom stereocenters. The first-order chi connectivity index (χ1) is 12.1. The highest BCUT2D eigenvalue weighted by atomic mass is 16.3. The summed E-state index contributed by atoms with van der Waals surface area (Å²) in [4.78, 5) is 0. The van der Waals surface area contributed by atoms with Crippen LogP contribution >= 0.6 is 0 Å². The van der Waals surface area contributed by atoms with Crippen molar-refractivity contribution in [1.29, 1.82) is 0 Å². The lowest BCUT2D eigenvalue weighted by atomic mass is 9.91. The van der Waals surface area contributed by atoms with Crippen LogP contribution in [0.1, 0.15) is 11.1 Å². The molecule has 0 radical (unpaired) electrons. The SMILES string of the molecule is Cc1ccc(-c2cc3ccccc3c(-c3ccc(C)cc3)c2O)cc1. The predicted molar refractivity (Wildman–Crippen MR) is 106 cm³/mol. The van der Waals surface area contributed by atoms with Crippen LogP contribution in [0.25, 0.3) is 33.0 Å². The Balaban J connectivity index is 2.04. The molecule has 0 amide bonds. The molecule has 0 unspecified atom stereocenters. The number of hydrogen-bond donors (Lipinski definition) is 1. The predicted octanol–water partition coefficient (Wildman–Crippen LogP) is 6.50. The average Bonchev–Trinajstić information content (AvgIpc) is 2.63. The number of phenols is 1. The first kappa shape index (κ1) is 15.5. The standard InChI is InChI=1S/C24H20O/c1-16-7-11-18(12-8-16)22-15-20-5-3-4-6-21(20)23(24(22)25)19-13-9-17(2)10-14-19/h3-15,25H,1-2H3. The fourth-order valence-electron chi connectivity index (χ4n) is 3.30. The maximum atomic E-state index is 11.1. The van der Waals surface area contributed by atoms with E-state index in [4.69, 9.17) is 0 Å². The van der Waals surface area contributed by atoms with Gasteiger partial charge in [-0.2, -0.15) is 0 Å². The molecule has 0 spiro atoms. The van der Waals surface area contributed by atoms with Crippen molar-refractivity contribution in [3.63, 3.8) is 0 Å². The lowest BCUT2D eigenvalue weighted by Crippen LogP contribution is -1.88. The van der Waals surface area contributed by atoms with Gasteiger partial charge in [-0.05, 0) is 41.8 Å². The number of hydrogen-bond acceptors (Lipinski definition) is 1. The van der Waals surface area contributed by atoms with Crippen LogP contribution in [-0.4, -0.2) is 5.11 Å². The minimum Gasteiger partial charge on any atom is -0.507 e. The van der Waals surface area contributed by atoms with Crippen LogP contribution in [-0.2, 0) is 0 Å². The number of benzene rings is 4. The molecule has 1 heteroatoms. The maximum absolute atomic E-state index is 11.1. The molecule has 0 aliphatic carbocycles. The van der Waals surface area contributed by atoms with Gasteiger partial charge in [0.15, 0.2) is 0 Å². The topological polar surface area (TPSA) is 20.2 Å². The summed E-state index contributed by atoms with van der Waals surface area (Å²) in [6.45, 7) is 4.15. The Morgan fingerprint density at radius 3 is 1.84 bits per heavy atom. The molecule has 4 aromatic rings. The third-order valence-electron chi connectivity index (χ3n) is 4.72. The van der Waals surface area contributed by atoms with Gasteiger partial charge < -0.3 is 5.11 Å². The molecule has 0 aromatic heterocycles. The Morgan fingerprint density at radius 1 is 0.640 bits per heavy atom. The molecule has 1 N–H and O–H groups in total. The summed E-state index contributed by atoms with van der Waals surface area (Å²) in [5, 5.41) is 13.3. The van der Waals surface area contributed by atoms with Gasteiger partial charge in [0.25, 0.3) is 0 Å². The van der Waals surface area contributed by atoms with E-state index >= 15 is 0 Å². The van der Waals surface area contributed by atoms with Crippen molar-refractivity contribution >= 4 is 10.8 Å². The van der Waals surface area contributed by atoms with Crippen molar-refractivity contribution in [3.8, 4) is 28.0 Å². The quantitative estimate of drug-likeness (QED) is 0.446. The van der Waals surface area contributed by atoms with E-state index in [-0.39, 0.29) is 0 Å². The Hall–Kier alpha value is -3.06. The van der Waals surface area contributed by atoms with Crippen molar-refractivity contribution in [1.82, 2.24) is 0 Å². The van der Waals surface area contributed by atoms with Crippen LogP contribution in [0.2, 0.25) is 0 Å². The summed E-state index contributed by atoms with van der Waals surface area (Å²) in [6.07, 6.45) is 0. The summed E-state index contributed by atoms with van der Waals surface area (Å²) in [7, 11) is 0. The van der Waals surface area contributed by atoms with Crippen LogP contribution < -0.4 is 0 Å². The zero-order valence-corrected chi connectivity index (χ0v) is 14.5. The van der Waals surface area contributed by atoms with Crippen molar-refractivity contribution in [2.75, 3.05) is 0 Å². The third kappa shape index (κ3) is 2.78. The number of aromatic hydroxyl groups is 1. The molecule has 1 nitrogen and oxygen atoms in total. The van der Waals surface area contributed by atoms with Crippen LogP contribution in [0.5, 0.6) is 5.75 Å². The Kier molecular flexibility index (Phi) is 3.77. The first-order valence-corrected chi connectivity index (χ1v) is 8.52. The van der Waals surface area contributed by atoms with Crippen molar-refractivity contribution in [3.05, 3.63) is 90.0 Å².